The van der Waals surface area contributed by atoms with Crippen molar-refractivity contribution in [3.8, 4) is 0 Å². The lowest BCUT2D eigenvalue weighted by atomic mass is 10.0. The zero-order valence-electron chi connectivity index (χ0n) is 14.9. The van der Waals surface area contributed by atoms with Gasteiger partial charge in [0.1, 0.15) is 18.5 Å². The molecule has 0 aromatic heterocycles. The minimum absolute atomic E-state index is 0.203. The molecule has 2 aliphatic heterocycles. The van der Waals surface area contributed by atoms with Gasteiger partial charge in [-0.05, 0) is 17.2 Å². The van der Waals surface area contributed by atoms with E-state index < -0.39 is 0 Å². The molecule has 2 heterocycles. The first-order valence-electron chi connectivity index (χ1n) is 8.90. The molecule has 4 heteroatoms. The molecule has 2 aromatic rings. The summed E-state index contributed by atoms with van der Waals surface area (Å²) >= 11 is 0. The summed E-state index contributed by atoms with van der Waals surface area (Å²) in [6.45, 7) is 2.06. The molecule has 2 atom stereocenters. The number of benzene rings is 2. The van der Waals surface area contributed by atoms with E-state index in [1.54, 1.807) is 7.11 Å². The maximum atomic E-state index is 6.24. The summed E-state index contributed by atoms with van der Waals surface area (Å²) in [5.41, 5.74) is 3.32. The predicted octanol–water partition coefficient (Wildman–Crippen LogP) is 4.03. The fourth-order valence-corrected chi connectivity index (χ4v) is 3.39. The largest absolute Gasteiger partial charge is 0.487 e. The summed E-state index contributed by atoms with van der Waals surface area (Å²) in [4.78, 5) is 2.29. The summed E-state index contributed by atoms with van der Waals surface area (Å²) in [7, 11) is 1.69. The first-order valence-corrected chi connectivity index (χ1v) is 8.90. The van der Waals surface area contributed by atoms with Crippen molar-refractivity contribution in [2.75, 3.05) is 20.2 Å². The highest BCUT2D eigenvalue weighted by Crippen LogP contribution is 2.38. The third kappa shape index (κ3) is 3.52. The van der Waals surface area contributed by atoms with Gasteiger partial charge in [0.25, 0.3) is 0 Å². The number of methoxy groups -OCH3 is 1. The lowest BCUT2D eigenvalue weighted by Gasteiger charge is -2.42. The minimum atomic E-state index is -0.258. The third-order valence-corrected chi connectivity index (χ3v) is 4.70. The summed E-state index contributed by atoms with van der Waals surface area (Å²) in [6.07, 6.45) is 3.72. The molecule has 26 heavy (non-hydrogen) atoms. The Bertz CT molecular complexity index is 786. The zero-order valence-corrected chi connectivity index (χ0v) is 14.9. The van der Waals surface area contributed by atoms with Crippen LogP contribution in [0.25, 0.3) is 0 Å². The lowest BCUT2D eigenvalue weighted by molar-refractivity contribution is -0.184. The van der Waals surface area contributed by atoms with Gasteiger partial charge in [0.2, 0.25) is 0 Å². The highest BCUT2D eigenvalue weighted by Gasteiger charge is 2.36. The summed E-state index contributed by atoms with van der Waals surface area (Å²) < 4.78 is 17.9. The van der Waals surface area contributed by atoms with Crippen LogP contribution in [0.5, 0.6) is 0 Å². The number of hydrogen-bond acceptors (Lipinski definition) is 4. The molecule has 0 saturated carbocycles. The van der Waals surface area contributed by atoms with Crippen LogP contribution in [-0.4, -0.2) is 31.4 Å². The van der Waals surface area contributed by atoms with Crippen LogP contribution in [0.4, 0.5) is 0 Å². The van der Waals surface area contributed by atoms with E-state index in [0.717, 1.165) is 29.1 Å². The van der Waals surface area contributed by atoms with E-state index in [0.29, 0.717) is 13.2 Å². The Balaban J connectivity index is 1.66. The second kappa shape index (κ2) is 7.77. The predicted molar refractivity (Wildman–Crippen MR) is 100 cm³/mol. The summed E-state index contributed by atoms with van der Waals surface area (Å²) in [5.74, 6) is 0.864. The molecule has 0 radical (unpaired) electrons. The van der Waals surface area contributed by atoms with Gasteiger partial charge in [0, 0.05) is 13.7 Å². The average molecular weight is 349 g/mol. The first-order chi connectivity index (χ1) is 12.8. The fraction of sp³-hybridized carbons (Fsp3) is 0.273. The van der Waals surface area contributed by atoms with Gasteiger partial charge in [0.15, 0.2) is 6.29 Å². The number of allylic oxidation sites excluding steroid dienone is 1. The molecule has 0 spiro atoms. The van der Waals surface area contributed by atoms with Gasteiger partial charge in [-0.25, -0.2) is 0 Å². The van der Waals surface area contributed by atoms with Crippen LogP contribution in [0, 0.1) is 0 Å². The molecule has 2 aliphatic rings. The van der Waals surface area contributed by atoms with Crippen LogP contribution in [0.1, 0.15) is 17.2 Å². The fourth-order valence-electron chi connectivity index (χ4n) is 3.39. The van der Waals surface area contributed by atoms with E-state index in [4.69, 9.17) is 14.2 Å². The van der Waals surface area contributed by atoms with Crippen LogP contribution in [0.2, 0.25) is 0 Å². The molecule has 2 unspecified atom stereocenters. The van der Waals surface area contributed by atoms with E-state index in [2.05, 4.69) is 41.3 Å². The molecule has 0 aliphatic carbocycles. The quantitative estimate of drug-likeness (QED) is 0.815. The number of fused-ring (bicyclic) bond motifs is 1. The van der Waals surface area contributed by atoms with Crippen molar-refractivity contribution in [2.45, 2.75) is 19.0 Å². The molecule has 1 saturated heterocycles. The smallest absolute Gasteiger partial charge is 0.175 e. The number of hydrogen-bond donors (Lipinski definition) is 0. The van der Waals surface area contributed by atoms with Gasteiger partial charge in [0.05, 0.1) is 12.2 Å². The Kier molecular flexibility index (Phi) is 5.04. The number of ether oxygens (including phenoxy) is 3. The maximum Gasteiger partial charge on any atom is 0.175 e. The van der Waals surface area contributed by atoms with Crippen molar-refractivity contribution < 1.29 is 14.2 Å². The maximum absolute atomic E-state index is 6.24. The van der Waals surface area contributed by atoms with E-state index in [9.17, 15) is 0 Å². The minimum Gasteiger partial charge on any atom is -0.487 e. The molecule has 0 N–H and O–H groups in total. The Labute approximate surface area is 154 Å². The third-order valence-electron chi connectivity index (χ3n) is 4.70. The van der Waals surface area contributed by atoms with Crippen molar-refractivity contribution in [1.82, 2.24) is 4.90 Å². The van der Waals surface area contributed by atoms with Gasteiger partial charge in [-0.1, -0.05) is 66.7 Å². The Morgan fingerprint density at radius 1 is 1.04 bits per heavy atom. The van der Waals surface area contributed by atoms with Crippen molar-refractivity contribution >= 4 is 0 Å². The zero-order chi connectivity index (χ0) is 17.8. The van der Waals surface area contributed by atoms with Crippen molar-refractivity contribution in [3.63, 3.8) is 0 Å². The first kappa shape index (κ1) is 16.9. The topological polar surface area (TPSA) is 30.9 Å². The normalized spacial score (nSPS) is 22.3. The van der Waals surface area contributed by atoms with Gasteiger partial charge in [-0.2, -0.15) is 0 Å². The van der Waals surface area contributed by atoms with Gasteiger partial charge in [-0.3, -0.25) is 0 Å². The van der Waals surface area contributed by atoms with E-state index in [1.165, 1.54) is 0 Å². The SMILES string of the molecule is COC1CN2CC=CC(OCc3ccccc3)=C2C(c2ccccc2)O1. The molecule has 2 aromatic carbocycles. The molecule has 134 valence electrons. The lowest BCUT2D eigenvalue weighted by Crippen LogP contribution is -2.45. The molecular weight excluding hydrogens is 326 g/mol. The van der Waals surface area contributed by atoms with Gasteiger partial charge in [-0.15, -0.1) is 0 Å². The second-order valence-electron chi connectivity index (χ2n) is 6.42. The monoisotopic (exact) mass is 349 g/mol. The second-order valence-corrected chi connectivity index (χ2v) is 6.42. The highest BCUT2D eigenvalue weighted by molar-refractivity contribution is 5.35. The number of morpholine rings is 1. The van der Waals surface area contributed by atoms with E-state index in [1.807, 2.05) is 36.4 Å². The average Bonchev–Trinajstić information content (AvgIpc) is 2.72. The Hall–Kier alpha value is -2.56. The molecular formula is C22H23NO3. The van der Waals surface area contributed by atoms with Gasteiger partial charge >= 0.3 is 0 Å². The van der Waals surface area contributed by atoms with E-state index >= 15 is 0 Å². The van der Waals surface area contributed by atoms with Crippen molar-refractivity contribution in [2.24, 2.45) is 0 Å². The molecule has 4 rings (SSSR count). The number of rotatable bonds is 5. The van der Waals surface area contributed by atoms with Crippen LogP contribution in [-0.2, 0) is 20.8 Å². The van der Waals surface area contributed by atoms with Crippen LogP contribution >= 0.6 is 0 Å². The van der Waals surface area contributed by atoms with E-state index in [-0.39, 0.29) is 12.4 Å². The Morgan fingerprint density at radius 2 is 1.77 bits per heavy atom. The summed E-state index contributed by atoms with van der Waals surface area (Å²) in [6, 6.07) is 20.5. The van der Waals surface area contributed by atoms with Crippen LogP contribution < -0.4 is 0 Å². The molecule has 4 nitrogen and oxygen atoms in total. The van der Waals surface area contributed by atoms with Crippen LogP contribution in [0.3, 0.4) is 0 Å². The molecule has 0 amide bonds. The standard InChI is InChI=1S/C22H23NO3/c1-24-20-15-23-14-8-13-19(25-16-17-9-4-2-5-10-17)21(23)22(26-20)18-11-6-3-7-12-18/h2-13,20,22H,14-16H2,1H3. The molecule has 0 bridgehead atoms. The summed E-state index contributed by atoms with van der Waals surface area (Å²) in [5, 5.41) is 0. The molecule has 1 fully saturated rings. The van der Waals surface area contributed by atoms with Crippen molar-refractivity contribution in [3.05, 3.63) is 95.4 Å². The van der Waals surface area contributed by atoms with Gasteiger partial charge < -0.3 is 19.1 Å². The highest BCUT2D eigenvalue weighted by atomic mass is 16.7. The Morgan fingerprint density at radius 3 is 2.50 bits per heavy atom. The number of nitrogens with zero attached hydrogens (tertiary/aromatic N) is 1. The van der Waals surface area contributed by atoms with Crippen LogP contribution in [0.15, 0.2) is 84.3 Å². The van der Waals surface area contributed by atoms with Crippen molar-refractivity contribution in [1.29, 1.82) is 0 Å².